The fourth-order valence-corrected chi connectivity index (χ4v) is 3.63. The molecular formula is C21H24N5NaO9. The number of aliphatic carboxylic acids is 1. The van der Waals surface area contributed by atoms with Crippen LogP contribution in [-0.2, 0) is 19.1 Å². The van der Waals surface area contributed by atoms with Crippen molar-refractivity contribution in [1.29, 1.82) is 0 Å². The molecular weight excluding hydrogens is 489 g/mol. The van der Waals surface area contributed by atoms with Gasteiger partial charge in [0.15, 0.2) is 0 Å². The van der Waals surface area contributed by atoms with Crippen molar-refractivity contribution in [3.63, 3.8) is 0 Å². The van der Waals surface area contributed by atoms with Gasteiger partial charge in [-0.05, 0) is 12.1 Å². The number of aliphatic hydroxyl groups excluding tert-OH is 4. The number of carboxylic acid groups (broad SMARTS) is 1. The molecule has 36 heavy (non-hydrogen) atoms. The van der Waals surface area contributed by atoms with E-state index in [1.165, 1.54) is 17.8 Å². The summed E-state index contributed by atoms with van der Waals surface area (Å²) in [5.41, 5.74) is 1.01. The number of carboxylic acids is 1. The molecule has 2 aromatic rings. The Hall–Kier alpha value is -2.85. The second-order valence-electron chi connectivity index (χ2n) is 7.69. The van der Waals surface area contributed by atoms with Crippen LogP contribution in [0.5, 0.6) is 0 Å². The third-order valence-corrected chi connectivity index (χ3v) is 5.23. The monoisotopic (exact) mass is 513 g/mol. The molecule has 0 fully saturated rings. The normalized spacial score (nSPS) is 20.7. The van der Waals surface area contributed by atoms with E-state index < -0.39 is 67.2 Å². The van der Waals surface area contributed by atoms with E-state index in [1.807, 2.05) is 0 Å². The number of rotatable bonds is 9. The predicted molar refractivity (Wildman–Crippen MR) is 115 cm³/mol. The summed E-state index contributed by atoms with van der Waals surface area (Å²) in [5, 5.41) is 63.4. The zero-order valence-electron chi connectivity index (χ0n) is 19.4. The number of aliphatic hydroxyl groups is 4. The minimum atomic E-state index is -1.79. The van der Waals surface area contributed by atoms with Gasteiger partial charge in [0.05, 0.1) is 30.6 Å². The van der Waals surface area contributed by atoms with Crippen molar-refractivity contribution >= 4 is 23.5 Å². The molecule has 0 spiro atoms. The average molecular weight is 513 g/mol. The summed E-state index contributed by atoms with van der Waals surface area (Å²) >= 11 is 0. The van der Waals surface area contributed by atoms with Crippen molar-refractivity contribution in [2.45, 2.75) is 37.3 Å². The molecule has 1 aliphatic rings. The van der Waals surface area contributed by atoms with Gasteiger partial charge in [0.2, 0.25) is 11.8 Å². The van der Waals surface area contributed by atoms with Gasteiger partial charge in [-0.1, -0.05) is 23.4 Å². The van der Waals surface area contributed by atoms with Crippen molar-refractivity contribution in [1.82, 2.24) is 20.3 Å². The Morgan fingerprint density at radius 1 is 1.22 bits per heavy atom. The van der Waals surface area contributed by atoms with Crippen molar-refractivity contribution in [2.24, 2.45) is 0 Å². The minimum absolute atomic E-state index is 0. The van der Waals surface area contributed by atoms with Crippen molar-refractivity contribution < 1.29 is 74.2 Å². The number of nitrogens with zero attached hydrogens (tertiary/aromatic N) is 3. The first-order chi connectivity index (χ1) is 16.7. The molecule has 0 radical (unpaired) electrons. The van der Waals surface area contributed by atoms with Crippen LogP contribution in [0.4, 0.5) is 5.69 Å². The van der Waals surface area contributed by atoms with Crippen LogP contribution in [-0.4, -0.2) is 90.8 Å². The maximum Gasteiger partial charge on any atom is 1.00 e. The standard InChI is InChI=1S/C21H25N5O9.Na/c1-10(29)22-18-14(6-16(21(33)34)35-20(18)19(32)15(30)8-27)26-7-13(24-25-26)11-4-2-3-5-12(11)23-17(31)9-28;/h2-7,14-15,18-20,27-28,30,32H,8-9H2,1H3,(H,22,29)(H,23,31)(H,33,34);/q;+1/p-1/t14-,15+,18+,19+,20+;/m0./s1. The second-order valence-corrected chi connectivity index (χ2v) is 7.69. The molecule has 2 heterocycles. The number of amides is 2. The van der Waals surface area contributed by atoms with E-state index in [4.69, 9.17) is 9.84 Å². The third kappa shape index (κ3) is 6.67. The van der Waals surface area contributed by atoms with Gasteiger partial charge in [-0.2, -0.15) is 0 Å². The SMILES string of the molecule is CC(=O)N[C@H]1[C@H]([C@H](O)[C@H](O)CO)OC(C(=O)[O-])=C[C@@H]1n1cc(-c2ccccc2NC(=O)CO)nn1.[Na+]. The van der Waals surface area contributed by atoms with Gasteiger partial charge in [0.25, 0.3) is 0 Å². The number of nitrogens with one attached hydrogen (secondary N) is 2. The largest absolute Gasteiger partial charge is 1.00 e. The minimum Gasteiger partial charge on any atom is -0.542 e. The van der Waals surface area contributed by atoms with E-state index >= 15 is 0 Å². The zero-order chi connectivity index (χ0) is 25.7. The van der Waals surface area contributed by atoms with Gasteiger partial charge in [0, 0.05) is 12.5 Å². The van der Waals surface area contributed by atoms with Gasteiger partial charge in [-0.25, -0.2) is 4.68 Å². The number of hydrogen-bond acceptors (Lipinski definition) is 11. The molecule has 1 aromatic heterocycles. The predicted octanol–water partition coefficient (Wildman–Crippen LogP) is -6.33. The van der Waals surface area contributed by atoms with Crippen LogP contribution < -0.4 is 45.3 Å². The fourth-order valence-electron chi connectivity index (χ4n) is 3.63. The number of aromatic nitrogens is 3. The maximum absolute atomic E-state index is 11.9. The molecule has 1 aromatic carbocycles. The summed E-state index contributed by atoms with van der Waals surface area (Å²) in [5.74, 6) is -3.61. The summed E-state index contributed by atoms with van der Waals surface area (Å²) in [6, 6.07) is 4.31. The van der Waals surface area contributed by atoms with Crippen LogP contribution >= 0.6 is 0 Å². The zero-order valence-corrected chi connectivity index (χ0v) is 21.4. The Morgan fingerprint density at radius 3 is 2.53 bits per heavy atom. The first kappa shape index (κ1) is 29.4. The van der Waals surface area contributed by atoms with E-state index in [-0.39, 0.29) is 35.3 Å². The molecule has 0 saturated carbocycles. The van der Waals surface area contributed by atoms with Crippen LogP contribution in [0.1, 0.15) is 13.0 Å². The Balaban J connectivity index is 0.00000456. The molecule has 0 saturated heterocycles. The van der Waals surface area contributed by atoms with E-state index in [0.29, 0.717) is 11.3 Å². The van der Waals surface area contributed by atoms with Crippen LogP contribution in [0.3, 0.4) is 0 Å². The van der Waals surface area contributed by atoms with E-state index in [9.17, 15) is 34.8 Å². The van der Waals surface area contributed by atoms with E-state index in [1.54, 1.807) is 24.3 Å². The molecule has 188 valence electrons. The molecule has 14 nitrogen and oxygen atoms in total. The van der Waals surface area contributed by atoms with Crippen molar-refractivity contribution in [2.75, 3.05) is 18.5 Å². The van der Waals surface area contributed by atoms with Crippen molar-refractivity contribution in [3.8, 4) is 11.3 Å². The smallest absolute Gasteiger partial charge is 0.542 e. The molecule has 0 aliphatic carbocycles. The Bertz CT molecular complexity index is 1120. The molecule has 6 N–H and O–H groups in total. The number of hydrogen-bond donors (Lipinski definition) is 6. The first-order valence-electron chi connectivity index (χ1n) is 10.4. The second kappa shape index (κ2) is 12.9. The molecule has 3 rings (SSSR count). The number of benzene rings is 1. The maximum atomic E-state index is 11.9. The third-order valence-electron chi connectivity index (χ3n) is 5.23. The molecule has 0 bridgehead atoms. The van der Waals surface area contributed by atoms with Gasteiger partial charge in [-0.3, -0.25) is 9.59 Å². The van der Waals surface area contributed by atoms with E-state index in [0.717, 1.165) is 6.08 Å². The summed E-state index contributed by atoms with van der Waals surface area (Å²) in [6.07, 6.45) is -2.49. The van der Waals surface area contributed by atoms with Gasteiger partial charge in [-0.15, -0.1) is 5.10 Å². The summed E-state index contributed by atoms with van der Waals surface area (Å²) in [6.45, 7) is -0.401. The van der Waals surface area contributed by atoms with Gasteiger partial charge < -0.3 is 45.7 Å². The van der Waals surface area contributed by atoms with Crippen molar-refractivity contribution in [3.05, 3.63) is 42.3 Å². The number of ether oxygens (including phenoxy) is 1. The number of anilines is 1. The Morgan fingerprint density at radius 2 is 1.92 bits per heavy atom. The average Bonchev–Trinajstić information content (AvgIpc) is 3.32. The van der Waals surface area contributed by atoms with Crippen LogP contribution in [0.2, 0.25) is 0 Å². The molecule has 1 aliphatic heterocycles. The van der Waals surface area contributed by atoms with Crippen LogP contribution in [0.15, 0.2) is 42.3 Å². The van der Waals surface area contributed by atoms with Gasteiger partial charge in [0.1, 0.15) is 42.3 Å². The molecule has 15 heteroatoms. The molecule has 2 amide bonds. The fraction of sp³-hybridized carbons (Fsp3) is 0.381. The number of carbonyl (C=O) groups is 3. The molecule has 0 unspecified atom stereocenters. The number of para-hydroxylation sites is 1. The molecule has 5 atom stereocenters. The Kier molecular flexibility index (Phi) is 10.5. The van der Waals surface area contributed by atoms with Crippen LogP contribution in [0.25, 0.3) is 11.3 Å². The van der Waals surface area contributed by atoms with Gasteiger partial charge >= 0.3 is 29.6 Å². The Labute approximate surface area is 226 Å². The topological polar surface area (TPSA) is 219 Å². The first-order valence-corrected chi connectivity index (χ1v) is 10.4. The van der Waals surface area contributed by atoms with Crippen LogP contribution in [0, 0.1) is 0 Å². The summed E-state index contributed by atoms with van der Waals surface area (Å²) in [7, 11) is 0. The quantitative estimate of drug-likeness (QED) is 0.173. The van der Waals surface area contributed by atoms with E-state index in [2.05, 4.69) is 20.9 Å². The summed E-state index contributed by atoms with van der Waals surface area (Å²) < 4.78 is 6.50. The number of carbonyl (C=O) groups excluding carboxylic acids is 3. The summed E-state index contributed by atoms with van der Waals surface area (Å²) in [4.78, 5) is 35.1.